The van der Waals surface area contributed by atoms with E-state index in [4.69, 9.17) is 0 Å². The van der Waals surface area contributed by atoms with Crippen molar-refractivity contribution in [2.45, 2.75) is 10.4 Å². The van der Waals surface area contributed by atoms with Gasteiger partial charge in [-0.3, -0.25) is 10.1 Å². The molecule has 4 aromatic rings. The van der Waals surface area contributed by atoms with Crippen molar-refractivity contribution in [3.05, 3.63) is 142 Å². The fraction of sp³-hybridized carbons (Fsp3) is 0.0400. The van der Waals surface area contributed by atoms with E-state index < -0.39 is 20.5 Å². The predicted molar refractivity (Wildman–Crippen MR) is 123 cm³/mol. The van der Waals surface area contributed by atoms with E-state index in [0.29, 0.717) is 0 Å². The summed E-state index contributed by atoms with van der Waals surface area (Å²) in [5.41, 5.74) is 0.822. The number of rotatable bonds is 7. The summed E-state index contributed by atoms with van der Waals surface area (Å²) in [5.74, 6) is 0. The van der Waals surface area contributed by atoms with Crippen LogP contribution in [0.25, 0.3) is 0 Å². The molecule has 0 radical (unpaired) electrons. The van der Waals surface area contributed by atoms with E-state index in [-0.39, 0.29) is 10.6 Å². The second-order valence-electron chi connectivity index (χ2n) is 7.20. The molecule has 4 aromatic carbocycles. The van der Waals surface area contributed by atoms with Crippen molar-refractivity contribution in [3.8, 4) is 0 Å². The van der Waals surface area contributed by atoms with Gasteiger partial charge in [-0.05, 0) is 28.8 Å². The lowest BCUT2D eigenvalue weighted by Crippen LogP contribution is -2.47. The summed E-state index contributed by atoms with van der Waals surface area (Å²) >= 11 is 0. The van der Waals surface area contributed by atoms with Gasteiger partial charge < -0.3 is 0 Å². The maximum absolute atomic E-state index is 13.6. The Labute approximate surface area is 186 Å². The Morgan fingerprint density at radius 3 is 1.34 bits per heavy atom. The average molecular weight is 445 g/mol. The van der Waals surface area contributed by atoms with Crippen molar-refractivity contribution < 1.29 is 13.3 Å². The molecule has 6 nitrogen and oxygen atoms in total. The third-order valence-electron chi connectivity index (χ3n) is 5.27. The quantitative estimate of drug-likeness (QED) is 0.250. The van der Waals surface area contributed by atoms with Crippen LogP contribution in [0.4, 0.5) is 5.69 Å². The summed E-state index contributed by atoms with van der Waals surface area (Å²) in [6, 6.07) is 32.8. The highest BCUT2D eigenvalue weighted by Gasteiger charge is 2.40. The molecule has 7 heteroatoms. The number of non-ortho nitro benzene ring substituents is 1. The number of benzene rings is 4. The number of hydrogen-bond acceptors (Lipinski definition) is 4. The minimum Gasteiger partial charge on any atom is -0.258 e. The number of nitrogens with zero attached hydrogens (tertiary/aromatic N) is 1. The van der Waals surface area contributed by atoms with Crippen LogP contribution in [0.5, 0.6) is 0 Å². The monoisotopic (exact) mass is 444 g/mol. The topological polar surface area (TPSA) is 89.3 Å². The van der Waals surface area contributed by atoms with Gasteiger partial charge in [-0.15, -0.1) is 0 Å². The van der Waals surface area contributed by atoms with Crippen LogP contribution in [0.3, 0.4) is 0 Å². The molecular weight excluding hydrogens is 424 g/mol. The Bertz CT molecular complexity index is 1210. The highest BCUT2D eigenvalue weighted by atomic mass is 32.2. The number of nitro benzene ring substituents is 1. The summed E-state index contributed by atoms with van der Waals surface area (Å²) in [7, 11) is -4.08. The molecule has 0 atom stereocenters. The van der Waals surface area contributed by atoms with Gasteiger partial charge in [0.15, 0.2) is 0 Å². The molecule has 0 bridgehead atoms. The van der Waals surface area contributed by atoms with Gasteiger partial charge in [0, 0.05) is 12.1 Å². The van der Waals surface area contributed by atoms with Crippen molar-refractivity contribution in [1.82, 2.24) is 4.72 Å². The normalized spacial score (nSPS) is 11.8. The Balaban J connectivity index is 1.94. The van der Waals surface area contributed by atoms with Gasteiger partial charge in [0.1, 0.15) is 5.54 Å². The predicted octanol–water partition coefficient (Wildman–Crippen LogP) is 4.87. The number of sulfonamides is 1. The van der Waals surface area contributed by atoms with Gasteiger partial charge in [0.25, 0.3) is 5.69 Å². The summed E-state index contributed by atoms with van der Waals surface area (Å²) in [6.07, 6.45) is 0. The molecule has 0 heterocycles. The van der Waals surface area contributed by atoms with Gasteiger partial charge in [0.05, 0.1) is 9.82 Å². The first kappa shape index (κ1) is 21.4. The zero-order valence-corrected chi connectivity index (χ0v) is 17.8. The first-order valence-electron chi connectivity index (χ1n) is 9.88. The van der Waals surface area contributed by atoms with Crippen LogP contribution < -0.4 is 4.72 Å². The molecule has 0 aromatic heterocycles. The van der Waals surface area contributed by atoms with E-state index in [9.17, 15) is 18.5 Å². The van der Waals surface area contributed by atoms with Crippen LogP contribution in [-0.4, -0.2) is 13.3 Å². The first-order chi connectivity index (χ1) is 15.4. The molecule has 0 amide bonds. The molecule has 0 saturated carbocycles. The van der Waals surface area contributed by atoms with E-state index in [2.05, 4.69) is 4.72 Å². The van der Waals surface area contributed by atoms with Gasteiger partial charge in [-0.25, -0.2) is 8.42 Å². The fourth-order valence-corrected chi connectivity index (χ4v) is 5.12. The Kier molecular flexibility index (Phi) is 5.85. The summed E-state index contributed by atoms with van der Waals surface area (Å²) in [4.78, 5) is 10.4. The third kappa shape index (κ3) is 4.03. The van der Waals surface area contributed by atoms with Gasteiger partial charge in [0.2, 0.25) is 10.0 Å². The maximum atomic E-state index is 13.6. The van der Waals surface area contributed by atoms with E-state index in [1.165, 1.54) is 24.3 Å². The molecule has 0 unspecified atom stereocenters. The highest BCUT2D eigenvalue weighted by molar-refractivity contribution is 7.89. The zero-order chi connectivity index (χ0) is 22.6. The molecule has 32 heavy (non-hydrogen) atoms. The van der Waals surface area contributed by atoms with Crippen LogP contribution >= 0.6 is 0 Å². The molecule has 0 aliphatic rings. The van der Waals surface area contributed by atoms with E-state index in [1.807, 2.05) is 91.0 Å². The van der Waals surface area contributed by atoms with Crippen LogP contribution in [0, 0.1) is 10.1 Å². The molecule has 4 rings (SSSR count). The molecule has 0 fully saturated rings. The lowest BCUT2D eigenvalue weighted by atomic mass is 9.78. The minimum absolute atomic E-state index is 0.0599. The third-order valence-corrected chi connectivity index (χ3v) is 6.73. The molecular formula is C25H20N2O4S. The fourth-order valence-electron chi connectivity index (χ4n) is 3.75. The molecule has 0 aliphatic carbocycles. The van der Waals surface area contributed by atoms with Crippen LogP contribution in [0.1, 0.15) is 16.7 Å². The van der Waals surface area contributed by atoms with Crippen molar-refractivity contribution in [2.24, 2.45) is 0 Å². The lowest BCUT2D eigenvalue weighted by Gasteiger charge is -2.36. The number of hydrogen-bond donors (Lipinski definition) is 1. The maximum Gasteiger partial charge on any atom is 0.269 e. The molecule has 0 saturated heterocycles. The second kappa shape index (κ2) is 8.74. The smallest absolute Gasteiger partial charge is 0.258 e. The molecule has 0 aliphatic heterocycles. The first-order valence-corrected chi connectivity index (χ1v) is 11.4. The second-order valence-corrected chi connectivity index (χ2v) is 8.89. The summed E-state index contributed by atoms with van der Waals surface area (Å²) < 4.78 is 30.1. The number of nitro groups is 1. The van der Waals surface area contributed by atoms with Crippen LogP contribution in [0.15, 0.2) is 120 Å². The Morgan fingerprint density at radius 2 is 1.00 bits per heavy atom. The highest BCUT2D eigenvalue weighted by Crippen LogP contribution is 2.38. The van der Waals surface area contributed by atoms with Gasteiger partial charge >= 0.3 is 0 Å². The summed E-state index contributed by atoms with van der Waals surface area (Å²) in [5, 5.41) is 11.0. The van der Waals surface area contributed by atoms with Crippen molar-refractivity contribution in [3.63, 3.8) is 0 Å². The Morgan fingerprint density at radius 1 is 0.625 bits per heavy atom. The SMILES string of the molecule is O=[N+]([O-])c1ccc(S(=O)(=O)NC(c2ccccc2)(c2ccccc2)c2ccccc2)cc1. The zero-order valence-electron chi connectivity index (χ0n) is 17.0. The van der Waals surface area contributed by atoms with Crippen LogP contribution in [-0.2, 0) is 15.6 Å². The van der Waals surface area contributed by atoms with Gasteiger partial charge in [-0.1, -0.05) is 91.0 Å². The standard InChI is InChI=1S/C25H20N2O4S/c28-27(29)23-16-18-24(19-17-23)32(30,31)26-25(20-10-4-1-5-11-20,21-12-6-2-7-13-21)22-14-8-3-9-15-22/h1-19,26H. The molecule has 0 spiro atoms. The lowest BCUT2D eigenvalue weighted by molar-refractivity contribution is -0.384. The van der Waals surface area contributed by atoms with Crippen LogP contribution in [0.2, 0.25) is 0 Å². The molecule has 160 valence electrons. The van der Waals surface area contributed by atoms with Crippen molar-refractivity contribution in [2.75, 3.05) is 0 Å². The average Bonchev–Trinajstić information content (AvgIpc) is 2.84. The number of nitrogens with one attached hydrogen (secondary N) is 1. The Hall–Kier alpha value is -3.81. The molecule has 1 N–H and O–H groups in total. The van der Waals surface area contributed by atoms with E-state index >= 15 is 0 Å². The van der Waals surface area contributed by atoms with E-state index in [1.54, 1.807) is 0 Å². The summed E-state index contributed by atoms with van der Waals surface area (Å²) in [6.45, 7) is 0. The van der Waals surface area contributed by atoms with Crippen molar-refractivity contribution >= 4 is 15.7 Å². The largest absolute Gasteiger partial charge is 0.269 e. The minimum atomic E-state index is -4.08. The van der Waals surface area contributed by atoms with Crippen molar-refractivity contribution in [1.29, 1.82) is 0 Å². The van der Waals surface area contributed by atoms with Gasteiger partial charge in [-0.2, -0.15) is 4.72 Å². The van der Waals surface area contributed by atoms with E-state index in [0.717, 1.165) is 16.7 Å².